The lowest BCUT2D eigenvalue weighted by molar-refractivity contribution is 0.237. The lowest BCUT2D eigenvalue weighted by Gasteiger charge is -2.31. The van der Waals surface area contributed by atoms with E-state index in [4.69, 9.17) is 0 Å². The van der Waals surface area contributed by atoms with Crippen LogP contribution in [0.1, 0.15) is 23.6 Å². The highest BCUT2D eigenvalue weighted by Crippen LogP contribution is 2.30. The summed E-state index contributed by atoms with van der Waals surface area (Å²) in [4.78, 5) is 16.6. The van der Waals surface area contributed by atoms with Crippen molar-refractivity contribution < 1.29 is 9.90 Å². The van der Waals surface area contributed by atoms with Gasteiger partial charge in [-0.15, -0.1) is 12.4 Å². The number of likely N-dealkylation sites (N-methyl/N-ethyl adjacent to an activating group) is 1. The summed E-state index contributed by atoms with van der Waals surface area (Å²) in [6.45, 7) is 1.27. The first-order chi connectivity index (χ1) is 11.6. The number of carbonyl (C=O) groups excluding carboxylic acids is 1. The lowest BCUT2D eigenvalue weighted by Crippen LogP contribution is -2.45. The Morgan fingerprint density at radius 2 is 2.20 bits per heavy atom. The Morgan fingerprint density at radius 3 is 2.88 bits per heavy atom. The van der Waals surface area contributed by atoms with Gasteiger partial charge in [-0.05, 0) is 73.1 Å². The van der Waals surface area contributed by atoms with E-state index >= 15 is 0 Å². The van der Waals surface area contributed by atoms with Crippen LogP contribution in [-0.2, 0) is 6.42 Å². The monoisotopic (exact) mass is 381 g/mol. The number of hydrogen-bond acceptors (Lipinski definition) is 4. The summed E-state index contributed by atoms with van der Waals surface area (Å²) in [6.07, 6.45) is 1.80. The van der Waals surface area contributed by atoms with Gasteiger partial charge in [0.15, 0.2) is 0 Å². The van der Waals surface area contributed by atoms with Gasteiger partial charge in [0.1, 0.15) is 5.75 Å². The van der Waals surface area contributed by atoms with Crippen molar-refractivity contribution in [1.82, 2.24) is 10.2 Å². The smallest absolute Gasteiger partial charge is 0.321 e. The van der Waals surface area contributed by atoms with Crippen LogP contribution in [0.25, 0.3) is 0 Å². The van der Waals surface area contributed by atoms with Crippen molar-refractivity contribution in [3.05, 3.63) is 46.2 Å². The molecule has 0 spiro atoms. The molecule has 1 aromatic carbocycles. The Kier molecular flexibility index (Phi) is 6.70. The molecule has 2 N–H and O–H groups in total. The Balaban J connectivity index is 0.00000225. The molecule has 0 bridgehead atoms. The first kappa shape index (κ1) is 19.6. The number of aryl methyl sites for hydroxylation is 1. The Labute approximate surface area is 158 Å². The topological polar surface area (TPSA) is 55.8 Å². The minimum absolute atomic E-state index is 0. The molecular formula is C18H24ClN3O2S. The van der Waals surface area contributed by atoms with Crippen LogP contribution >= 0.6 is 23.7 Å². The molecule has 2 amide bonds. The molecule has 0 saturated heterocycles. The Morgan fingerprint density at radius 1 is 1.40 bits per heavy atom. The number of aromatic hydroxyl groups is 1. The average Bonchev–Trinajstić information content (AvgIpc) is 3.07. The van der Waals surface area contributed by atoms with E-state index in [1.54, 1.807) is 28.4 Å². The normalized spacial score (nSPS) is 14.6. The van der Waals surface area contributed by atoms with Crippen molar-refractivity contribution in [2.24, 2.45) is 0 Å². The summed E-state index contributed by atoms with van der Waals surface area (Å²) in [5.74, 6) is 0.251. The maximum atomic E-state index is 12.7. The number of phenolic OH excluding ortho intramolecular Hbond substituents is 1. The van der Waals surface area contributed by atoms with Gasteiger partial charge in [0.05, 0.1) is 6.04 Å². The van der Waals surface area contributed by atoms with E-state index in [0.717, 1.165) is 24.1 Å². The van der Waals surface area contributed by atoms with E-state index in [0.29, 0.717) is 13.1 Å². The molecule has 3 rings (SSSR count). The summed E-state index contributed by atoms with van der Waals surface area (Å²) in [6, 6.07) is 7.39. The SMILES string of the molecule is CN(C)C(CNC(=O)N1CCCc2cc(O)ccc21)c1ccsc1.Cl. The highest BCUT2D eigenvalue weighted by molar-refractivity contribution is 7.07. The number of benzene rings is 1. The Bertz CT molecular complexity index is 706. The van der Waals surface area contributed by atoms with Crippen molar-refractivity contribution >= 4 is 35.5 Å². The van der Waals surface area contributed by atoms with Gasteiger partial charge in [-0.1, -0.05) is 0 Å². The predicted octanol–water partition coefficient (Wildman–Crippen LogP) is 3.64. The standard InChI is InChI=1S/C18H23N3O2S.ClH/c1-20(2)17(14-7-9-24-12-14)11-19-18(23)21-8-3-4-13-10-15(22)5-6-16(13)21;/h5-7,9-10,12,17,22H,3-4,8,11H2,1-2H3,(H,19,23);1H. The number of nitrogens with one attached hydrogen (secondary N) is 1. The second-order valence-electron chi connectivity index (χ2n) is 6.29. The second-order valence-corrected chi connectivity index (χ2v) is 7.07. The minimum atomic E-state index is -0.0799. The van der Waals surface area contributed by atoms with Gasteiger partial charge in [0.25, 0.3) is 0 Å². The fourth-order valence-corrected chi connectivity index (χ4v) is 3.84. The molecule has 0 radical (unpaired) electrons. The summed E-state index contributed by atoms with van der Waals surface area (Å²) in [5, 5.41) is 16.9. The lowest BCUT2D eigenvalue weighted by atomic mass is 10.0. The van der Waals surface area contributed by atoms with Crippen LogP contribution in [0, 0.1) is 0 Å². The first-order valence-electron chi connectivity index (χ1n) is 8.12. The third kappa shape index (κ3) is 4.45. The number of nitrogens with zero attached hydrogens (tertiary/aromatic N) is 2. The molecule has 2 aromatic rings. The quantitative estimate of drug-likeness (QED) is 0.850. The summed E-state index contributed by atoms with van der Waals surface area (Å²) >= 11 is 1.67. The predicted molar refractivity (Wildman–Crippen MR) is 105 cm³/mol. The summed E-state index contributed by atoms with van der Waals surface area (Å²) in [7, 11) is 4.04. The molecule has 1 aliphatic heterocycles. The number of hydrogen-bond donors (Lipinski definition) is 2. The number of thiophene rings is 1. The van der Waals surface area contributed by atoms with Gasteiger partial charge in [0, 0.05) is 18.8 Å². The molecule has 2 heterocycles. The van der Waals surface area contributed by atoms with Crippen LogP contribution < -0.4 is 10.2 Å². The van der Waals surface area contributed by atoms with E-state index in [1.165, 1.54) is 5.56 Å². The van der Waals surface area contributed by atoms with Gasteiger partial charge in [-0.3, -0.25) is 4.90 Å². The van der Waals surface area contributed by atoms with Gasteiger partial charge in [-0.25, -0.2) is 4.79 Å². The fourth-order valence-electron chi connectivity index (χ4n) is 3.14. The molecule has 0 fully saturated rings. The summed E-state index contributed by atoms with van der Waals surface area (Å²) in [5.41, 5.74) is 3.14. The van der Waals surface area contributed by atoms with Crippen molar-refractivity contribution in [3.63, 3.8) is 0 Å². The zero-order valence-electron chi connectivity index (χ0n) is 14.4. The fraction of sp³-hybridized carbons (Fsp3) is 0.389. The van der Waals surface area contributed by atoms with Crippen molar-refractivity contribution in [2.75, 3.05) is 32.1 Å². The number of fused-ring (bicyclic) bond motifs is 1. The van der Waals surface area contributed by atoms with Crippen molar-refractivity contribution in [3.8, 4) is 5.75 Å². The largest absolute Gasteiger partial charge is 0.508 e. The first-order valence-corrected chi connectivity index (χ1v) is 9.06. The zero-order chi connectivity index (χ0) is 17.1. The molecule has 0 saturated carbocycles. The molecule has 136 valence electrons. The minimum Gasteiger partial charge on any atom is -0.508 e. The zero-order valence-corrected chi connectivity index (χ0v) is 16.1. The maximum absolute atomic E-state index is 12.7. The molecule has 5 nitrogen and oxygen atoms in total. The van der Waals surface area contributed by atoms with Crippen molar-refractivity contribution in [1.29, 1.82) is 0 Å². The maximum Gasteiger partial charge on any atom is 0.321 e. The third-order valence-corrected chi connectivity index (χ3v) is 5.13. The number of phenols is 1. The molecule has 0 aliphatic carbocycles. The summed E-state index contributed by atoms with van der Waals surface area (Å²) < 4.78 is 0. The van der Waals surface area contributed by atoms with Crippen LogP contribution in [-0.4, -0.2) is 43.2 Å². The van der Waals surface area contributed by atoms with Crippen LogP contribution in [0.2, 0.25) is 0 Å². The van der Waals surface area contributed by atoms with Crippen LogP contribution in [0.4, 0.5) is 10.5 Å². The number of amides is 2. The third-order valence-electron chi connectivity index (χ3n) is 4.42. The highest BCUT2D eigenvalue weighted by Gasteiger charge is 2.24. The average molecular weight is 382 g/mol. The van der Waals surface area contributed by atoms with E-state index in [9.17, 15) is 9.90 Å². The number of rotatable bonds is 4. The van der Waals surface area contributed by atoms with E-state index < -0.39 is 0 Å². The van der Waals surface area contributed by atoms with Gasteiger partial charge >= 0.3 is 6.03 Å². The molecule has 25 heavy (non-hydrogen) atoms. The van der Waals surface area contributed by atoms with E-state index in [2.05, 4.69) is 27.0 Å². The van der Waals surface area contributed by atoms with Gasteiger partial charge in [0.2, 0.25) is 0 Å². The van der Waals surface area contributed by atoms with Crippen LogP contribution in [0.5, 0.6) is 5.75 Å². The Hall–Kier alpha value is -1.76. The molecule has 1 unspecified atom stereocenters. The van der Waals surface area contributed by atoms with Crippen molar-refractivity contribution in [2.45, 2.75) is 18.9 Å². The van der Waals surface area contributed by atoms with Gasteiger partial charge in [-0.2, -0.15) is 11.3 Å². The molecule has 1 aliphatic rings. The molecule has 7 heteroatoms. The number of anilines is 1. The molecular weight excluding hydrogens is 358 g/mol. The molecule has 1 aromatic heterocycles. The van der Waals surface area contributed by atoms with Crippen LogP contribution in [0.3, 0.4) is 0 Å². The second kappa shape index (κ2) is 8.56. The number of urea groups is 1. The molecule has 1 atom stereocenters. The van der Waals surface area contributed by atoms with Gasteiger partial charge < -0.3 is 15.3 Å². The van der Waals surface area contributed by atoms with E-state index in [-0.39, 0.29) is 30.2 Å². The number of carbonyl (C=O) groups is 1. The van der Waals surface area contributed by atoms with Crippen LogP contribution in [0.15, 0.2) is 35.0 Å². The van der Waals surface area contributed by atoms with E-state index in [1.807, 2.05) is 20.2 Å². The highest BCUT2D eigenvalue weighted by atomic mass is 35.5. The number of halogens is 1.